The zero-order valence-corrected chi connectivity index (χ0v) is 13.0. The molecule has 1 aliphatic rings. The lowest BCUT2D eigenvalue weighted by Gasteiger charge is -2.35. The molecule has 0 spiro atoms. The van der Waals surface area contributed by atoms with Crippen molar-refractivity contribution in [1.29, 1.82) is 5.26 Å². The third-order valence-corrected chi connectivity index (χ3v) is 4.69. The molecule has 0 aliphatic carbocycles. The molecule has 21 heavy (non-hydrogen) atoms. The van der Waals surface area contributed by atoms with Crippen molar-refractivity contribution in [2.24, 2.45) is 11.3 Å². The van der Waals surface area contributed by atoms with Crippen molar-refractivity contribution in [3.05, 3.63) is 35.9 Å². The Morgan fingerprint density at radius 2 is 1.95 bits per heavy atom. The topological polar surface area (TPSA) is 44.1 Å². The molecule has 1 saturated heterocycles. The van der Waals surface area contributed by atoms with Gasteiger partial charge >= 0.3 is 0 Å². The second-order valence-corrected chi connectivity index (χ2v) is 6.22. The molecule has 112 valence electrons. The lowest BCUT2D eigenvalue weighted by atomic mass is 9.85. The third-order valence-electron chi connectivity index (χ3n) is 4.69. The molecule has 1 heterocycles. The second kappa shape index (κ2) is 6.76. The van der Waals surface area contributed by atoms with E-state index in [1.54, 1.807) is 6.92 Å². The molecule has 0 radical (unpaired) electrons. The van der Waals surface area contributed by atoms with Crippen LogP contribution in [0.1, 0.15) is 38.7 Å². The van der Waals surface area contributed by atoms with Crippen molar-refractivity contribution in [1.82, 2.24) is 4.90 Å². The Bertz CT molecular complexity index is 512. The van der Waals surface area contributed by atoms with Crippen molar-refractivity contribution >= 4 is 5.91 Å². The number of hydrogen-bond donors (Lipinski definition) is 0. The maximum atomic E-state index is 12.5. The SMILES string of the molecule is CCC(C)(C#N)C(=O)N1CCC(Cc2ccccc2)CC1. The van der Waals surface area contributed by atoms with Gasteiger partial charge in [0.2, 0.25) is 5.91 Å². The van der Waals surface area contributed by atoms with Crippen LogP contribution in [0.5, 0.6) is 0 Å². The lowest BCUT2D eigenvalue weighted by molar-refractivity contribution is -0.139. The number of carbonyl (C=O) groups excluding carboxylic acids is 1. The average molecular weight is 284 g/mol. The minimum absolute atomic E-state index is 0.00524. The van der Waals surface area contributed by atoms with E-state index < -0.39 is 5.41 Å². The van der Waals surface area contributed by atoms with Gasteiger partial charge in [-0.3, -0.25) is 4.79 Å². The van der Waals surface area contributed by atoms with Crippen LogP contribution in [0.25, 0.3) is 0 Å². The van der Waals surface area contributed by atoms with Crippen molar-refractivity contribution in [2.75, 3.05) is 13.1 Å². The Labute approximate surface area is 127 Å². The fourth-order valence-electron chi connectivity index (χ4n) is 2.91. The van der Waals surface area contributed by atoms with E-state index in [4.69, 9.17) is 0 Å². The average Bonchev–Trinajstić information content (AvgIpc) is 2.55. The van der Waals surface area contributed by atoms with Gasteiger partial charge in [0.05, 0.1) is 6.07 Å². The first kappa shape index (κ1) is 15.6. The molecule has 1 unspecified atom stereocenters. The summed E-state index contributed by atoms with van der Waals surface area (Å²) in [4.78, 5) is 14.3. The van der Waals surface area contributed by atoms with Gasteiger partial charge in [-0.2, -0.15) is 5.26 Å². The van der Waals surface area contributed by atoms with Crippen LogP contribution in [0.3, 0.4) is 0 Å². The molecular weight excluding hydrogens is 260 g/mol. The van der Waals surface area contributed by atoms with Crippen LogP contribution in [0.4, 0.5) is 0 Å². The molecule has 1 fully saturated rings. The van der Waals surface area contributed by atoms with Crippen LogP contribution >= 0.6 is 0 Å². The Morgan fingerprint density at radius 3 is 2.48 bits per heavy atom. The summed E-state index contributed by atoms with van der Waals surface area (Å²) < 4.78 is 0. The number of likely N-dealkylation sites (tertiary alicyclic amines) is 1. The van der Waals surface area contributed by atoms with Gasteiger partial charge in [0.15, 0.2) is 0 Å². The van der Waals surface area contributed by atoms with Gasteiger partial charge in [-0.15, -0.1) is 0 Å². The molecule has 1 atom stereocenters. The molecular formula is C18H24N2O. The quantitative estimate of drug-likeness (QED) is 0.850. The monoisotopic (exact) mass is 284 g/mol. The van der Waals surface area contributed by atoms with Crippen molar-refractivity contribution in [3.8, 4) is 6.07 Å². The summed E-state index contributed by atoms with van der Waals surface area (Å²) >= 11 is 0. The summed E-state index contributed by atoms with van der Waals surface area (Å²) in [5, 5.41) is 9.24. The zero-order valence-electron chi connectivity index (χ0n) is 13.0. The summed E-state index contributed by atoms with van der Waals surface area (Å²) in [6.07, 6.45) is 3.73. The molecule has 0 saturated carbocycles. The van der Waals surface area contributed by atoms with E-state index in [0.29, 0.717) is 12.3 Å². The number of benzene rings is 1. The summed E-state index contributed by atoms with van der Waals surface area (Å²) in [5.41, 5.74) is 0.518. The summed E-state index contributed by atoms with van der Waals surface area (Å²) in [5.74, 6) is 0.650. The maximum absolute atomic E-state index is 12.5. The first-order valence-corrected chi connectivity index (χ1v) is 7.83. The van der Waals surface area contributed by atoms with Gasteiger partial charge in [0.25, 0.3) is 0 Å². The molecule has 0 aromatic heterocycles. The minimum atomic E-state index is -0.855. The number of nitrogens with zero attached hydrogens (tertiary/aromatic N) is 2. The van der Waals surface area contributed by atoms with Crippen molar-refractivity contribution in [2.45, 2.75) is 39.5 Å². The smallest absolute Gasteiger partial charge is 0.242 e. The normalized spacial score (nSPS) is 18.8. The highest BCUT2D eigenvalue weighted by Crippen LogP contribution is 2.27. The summed E-state index contributed by atoms with van der Waals surface area (Å²) in [6, 6.07) is 12.7. The van der Waals surface area contributed by atoms with Gasteiger partial charge in [-0.1, -0.05) is 37.3 Å². The first-order chi connectivity index (χ1) is 10.1. The molecule has 1 aromatic rings. The van der Waals surface area contributed by atoms with E-state index >= 15 is 0 Å². The summed E-state index contributed by atoms with van der Waals surface area (Å²) in [7, 11) is 0. The van der Waals surface area contributed by atoms with Crippen molar-refractivity contribution < 1.29 is 4.79 Å². The molecule has 0 N–H and O–H groups in total. The predicted octanol–water partition coefficient (Wildman–Crippen LogP) is 3.41. The highest BCUT2D eigenvalue weighted by molar-refractivity contribution is 5.85. The van der Waals surface area contributed by atoms with Crippen LogP contribution in [-0.4, -0.2) is 23.9 Å². The second-order valence-electron chi connectivity index (χ2n) is 6.22. The van der Waals surface area contributed by atoms with Gasteiger partial charge in [0.1, 0.15) is 5.41 Å². The molecule has 3 nitrogen and oxygen atoms in total. The van der Waals surface area contributed by atoms with E-state index in [2.05, 4.69) is 30.3 Å². The summed E-state index contributed by atoms with van der Waals surface area (Å²) in [6.45, 7) is 5.23. The number of nitriles is 1. The Hall–Kier alpha value is -1.82. The Kier molecular flexibility index (Phi) is 5.01. The van der Waals surface area contributed by atoms with Crippen molar-refractivity contribution in [3.63, 3.8) is 0 Å². The van der Waals surface area contributed by atoms with Crippen LogP contribution in [0.15, 0.2) is 30.3 Å². The predicted molar refractivity (Wildman–Crippen MR) is 83.5 cm³/mol. The van der Waals surface area contributed by atoms with Crippen LogP contribution < -0.4 is 0 Å². The van der Waals surface area contributed by atoms with Crippen LogP contribution in [0, 0.1) is 22.7 Å². The number of amides is 1. The number of piperidine rings is 1. The standard InChI is InChI=1S/C18H24N2O/c1-3-18(2,14-19)17(21)20-11-9-16(10-12-20)13-15-7-5-4-6-8-15/h4-8,16H,3,9-13H2,1-2H3. The van der Waals surface area contributed by atoms with E-state index in [0.717, 1.165) is 32.4 Å². The molecule has 0 bridgehead atoms. The third kappa shape index (κ3) is 3.64. The fraction of sp³-hybridized carbons (Fsp3) is 0.556. The number of carbonyl (C=O) groups is 1. The van der Waals surface area contributed by atoms with E-state index in [9.17, 15) is 10.1 Å². The molecule has 2 rings (SSSR count). The fourth-order valence-corrected chi connectivity index (χ4v) is 2.91. The van der Waals surface area contributed by atoms with Crippen LogP contribution in [-0.2, 0) is 11.2 Å². The number of hydrogen-bond acceptors (Lipinski definition) is 2. The zero-order chi connectivity index (χ0) is 15.3. The lowest BCUT2D eigenvalue weighted by Crippen LogP contribution is -2.45. The highest BCUT2D eigenvalue weighted by Gasteiger charge is 2.36. The molecule has 3 heteroatoms. The highest BCUT2D eigenvalue weighted by atomic mass is 16.2. The van der Waals surface area contributed by atoms with Gasteiger partial charge in [-0.25, -0.2) is 0 Å². The van der Waals surface area contributed by atoms with E-state index in [-0.39, 0.29) is 5.91 Å². The van der Waals surface area contributed by atoms with Gasteiger partial charge in [0, 0.05) is 13.1 Å². The molecule has 1 aromatic carbocycles. The number of rotatable bonds is 4. The minimum Gasteiger partial charge on any atom is -0.341 e. The van der Waals surface area contributed by atoms with Crippen LogP contribution in [0.2, 0.25) is 0 Å². The largest absolute Gasteiger partial charge is 0.341 e. The maximum Gasteiger partial charge on any atom is 0.242 e. The molecule has 1 amide bonds. The Balaban J connectivity index is 1.89. The van der Waals surface area contributed by atoms with E-state index in [1.165, 1.54) is 5.56 Å². The molecule has 1 aliphatic heterocycles. The van der Waals surface area contributed by atoms with Gasteiger partial charge in [-0.05, 0) is 44.1 Å². The first-order valence-electron chi connectivity index (χ1n) is 7.83. The Morgan fingerprint density at radius 1 is 1.33 bits per heavy atom. The van der Waals surface area contributed by atoms with Gasteiger partial charge < -0.3 is 4.90 Å². The van der Waals surface area contributed by atoms with E-state index in [1.807, 2.05) is 17.9 Å².